The van der Waals surface area contributed by atoms with Crippen LogP contribution in [0.5, 0.6) is 0 Å². The van der Waals surface area contributed by atoms with E-state index in [-0.39, 0.29) is 31.1 Å². The third kappa shape index (κ3) is 65.1. The van der Waals surface area contributed by atoms with Gasteiger partial charge in [-0.3, -0.25) is 14.4 Å². The molecule has 1 atom stereocenters. The van der Waals surface area contributed by atoms with Crippen molar-refractivity contribution >= 4 is 17.9 Å². The lowest BCUT2D eigenvalue weighted by Gasteiger charge is -2.18. The van der Waals surface area contributed by atoms with Crippen molar-refractivity contribution in [1.29, 1.82) is 0 Å². The first kappa shape index (κ1) is 76.3. The minimum atomic E-state index is -0.785. The number of allylic oxidation sites excluding steroid dienone is 16. The van der Waals surface area contributed by atoms with Crippen LogP contribution >= 0.6 is 0 Å². The Hall–Kier alpha value is -3.67. The molecule has 6 nitrogen and oxygen atoms in total. The molecule has 0 heterocycles. The molecule has 0 rings (SSSR count). The van der Waals surface area contributed by atoms with Gasteiger partial charge >= 0.3 is 17.9 Å². The lowest BCUT2D eigenvalue weighted by atomic mass is 10.0. The highest BCUT2D eigenvalue weighted by Crippen LogP contribution is 2.18. The predicted octanol–water partition coefficient (Wildman–Crippen LogP) is 23.6. The van der Waals surface area contributed by atoms with Crippen LogP contribution in [0.1, 0.15) is 335 Å². The van der Waals surface area contributed by atoms with Gasteiger partial charge in [-0.2, -0.15) is 0 Å². The molecular formula is C74H128O6. The molecule has 0 saturated heterocycles. The second-order valence-corrected chi connectivity index (χ2v) is 22.7. The third-order valence-electron chi connectivity index (χ3n) is 14.9. The molecule has 0 bridgehead atoms. The Morgan fingerprint density at radius 1 is 0.263 bits per heavy atom. The summed E-state index contributed by atoms with van der Waals surface area (Å²) >= 11 is 0. The zero-order chi connectivity index (χ0) is 57.8. The summed E-state index contributed by atoms with van der Waals surface area (Å²) in [4.78, 5) is 38.1. The molecule has 0 aromatic rings. The summed E-state index contributed by atoms with van der Waals surface area (Å²) in [5.41, 5.74) is 0. The second kappa shape index (κ2) is 67.8. The molecule has 0 aromatic heterocycles. The summed E-state index contributed by atoms with van der Waals surface area (Å²) < 4.78 is 16.8. The maximum absolute atomic E-state index is 12.9. The fourth-order valence-corrected chi connectivity index (χ4v) is 9.76. The smallest absolute Gasteiger partial charge is 0.306 e. The molecule has 1 unspecified atom stereocenters. The molecule has 0 radical (unpaired) electrons. The Morgan fingerprint density at radius 3 is 0.762 bits per heavy atom. The molecule has 0 aliphatic heterocycles. The van der Waals surface area contributed by atoms with Crippen molar-refractivity contribution in [1.82, 2.24) is 0 Å². The van der Waals surface area contributed by atoms with Crippen molar-refractivity contribution in [3.05, 3.63) is 97.2 Å². The molecule has 0 aliphatic rings. The summed E-state index contributed by atoms with van der Waals surface area (Å²) in [7, 11) is 0. The van der Waals surface area contributed by atoms with Gasteiger partial charge in [0.25, 0.3) is 0 Å². The molecule has 0 aromatic carbocycles. The van der Waals surface area contributed by atoms with Crippen LogP contribution in [-0.4, -0.2) is 37.2 Å². The van der Waals surface area contributed by atoms with Crippen molar-refractivity contribution in [2.45, 2.75) is 341 Å². The molecular weight excluding hydrogens is 985 g/mol. The van der Waals surface area contributed by atoms with Gasteiger partial charge in [-0.05, 0) is 83.5 Å². The summed E-state index contributed by atoms with van der Waals surface area (Å²) in [5, 5.41) is 0. The topological polar surface area (TPSA) is 78.9 Å². The van der Waals surface area contributed by atoms with E-state index in [0.717, 1.165) is 122 Å². The first-order valence-corrected chi connectivity index (χ1v) is 34.2. The lowest BCUT2D eigenvalue weighted by molar-refractivity contribution is -0.167. The van der Waals surface area contributed by atoms with E-state index in [1.165, 1.54) is 173 Å². The molecule has 80 heavy (non-hydrogen) atoms. The maximum Gasteiger partial charge on any atom is 0.306 e. The molecule has 0 fully saturated rings. The molecule has 0 aliphatic carbocycles. The SMILES string of the molecule is CC/C=C\C/C=C\C/C=C\C/C=C\C/C=C\C/C=C\C/C=C\C/C=C\CCCCCCC(=O)OCC(COC(=O)CCCCCCCC)OC(=O)CCCCCCCCCCCCCCCCCCCCCCCCCCCCC. The van der Waals surface area contributed by atoms with E-state index in [2.05, 4.69) is 118 Å². The average Bonchev–Trinajstić information content (AvgIpc) is 3.46. The number of rotatable bonds is 62. The third-order valence-corrected chi connectivity index (χ3v) is 14.9. The van der Waals surface area contributed by atoms with Crippen molar-refractivity contribution in [2.75, 3.05) is 13.2 Å². The van der Waals surface area contributed by atoms with Crippen molar-refractivity contribution in [3.63, 3.8) is 0 Å². The van der Waals surface area contributed by atoms with Crippen molar-refractivity contribution < 1.29 is 28.6 Å². The first-order valence-electron chi connectivity index (χ1n) is 34.2. The molecule has 6 heteroatoms. The summed E-state index contributed by atoms with van der Waals surface area (Å²) in [6.45, 7) is 6.48. The normalized spacial score (nSPS) is 12.7. The van der Waals surface area contributed by atoms with Crippen LogP contribution in [0.4, 0.5) is 0 Å². The number of unbranched alkanes of at least 4 members (excludes halogenated alkanes) is 35. The number of carbonyl (C=O) groups excluding carboxylic acids is 3. The fraction of sp³-hybridized carbons (Fsp3) is 0.743. The van der Waals surface area contributed by atoms with Gasteiger partial charge in [0.15, 0.2) is 6.10 Å². The average molecular weight is 1110 g/mol. The maximum atomic E-state index is 12.9. The zero-order valence-electron chi connectivity index (χ0n) is 52.8. The lowest BCUT2D eigenvalue weighted by Crippen LogP contribution is -2.30. The molecule has 0 spiro atoms. The van der Waals surface area contributed by atoms with Gasteiger partial charge in [0.2, 0.25) is 0 Å². The second-order valence-electron chi connectivity index (χ2n) is 22.7. The molecule has 460 valence electrons. The predicted molar refractivity (Wildman–Crippen MR) is 348 cm³/mol. The van der Waals surface area contributed by atoms with Crippen molar-refractivity contribution in [3.8, 4) is 0 Å². The van der Waals surface area contributed by atoms with Gasteiger partial charge in [0.05, 0.1) is 0 Å². The molecule has 0 N–H and O–H groups in total. The van der Waals surface area contributed by atoms with Crippen LogP contribution in [-0.2, 0) is 28.6 Å². The van der Waals surface area contributed by atoms with Gasteiger partial charge in [-0.25, -0.2) is 0 Å². The van der Waals surface area contributed by atoms with Gasteiger partial charge in [0.1, 0.15) is 13.2 Å². The zero-order valence-corrected chi connectivity index (χ0v) is 52.8. The summed E-state index contributed by atoms with van der Waals surface area (Å²) in [5.74, 6) is -0.907. The summed E-state index contributed by atoms with van der Waals surface area (Å²) in [6, 6.07) is 0. The highest BCUT2D eigenvalue weighted by molar-refractivity contribution is 5.71. The Labute approximate surface area is 496 Å². The van der Waals surface area contributed by atoms with E-state index in [0.29, 0.717) is 19.3 Å². The van der Waals surface area contributed by atoms with E-state index < -0.39 is 6.10 Å². The standard InChI is InChI=1S/C74H128O6/c1-4-7-10-13-16-18-20-22-24-26-28-30-32-34-36-37-39-40-42-44-46-48-50-52-54-56-58-61-64-67-73(76)79-70-71(69-78-72(75)66-63-60-15-12-9-6-3)80-74(77)68-65-62-59-57-55-53-51-49-47-45-43-41-38-35-33-31-29-27-25-23-21-19-17-14-11-8-5-2/h7,10,16,18,22,24,28,30,34,36,39-40,44,46,50,52,71H,4-6,8-9,11-15,17,19-21,23,25-27,29,31-33,35,37-38,41-43,45,47-49,51,53-70H2,1-3H3/b10-7-,18-16-,24-22-,30-28-,36-34-,40-39-,46-44-,52-50-. The number of carbonyl (C=O) groups is 3. The van der Waals surface area contributed by atoms with E-state index in [1.807, 2.05) is 0 Å². The Balaban J connectivity index is 4.11. The van der Waals surface area contributed by atoms with E-state index >= 15 is 0 Å². The van der Waals surface area contributed by atoms with E-state index in [9.17, 15) is 14.4 Å². The number of hydrogen-bond donors (Lipinski definition) is 0. The monoisotopic (exact) mass is 1110 g/mol. The highest BCUT2D eigenvalue weighted by atomic mass is 16.6. The minimum absolute atomic E-state index is 0.0833. The van der Waals surface area contributed by atoms with Crippen LogP contribution < -0.4 is 0 Å². The highest BCUT2D eigenvalue weighted by Gasteiger charge is 2.19. The number of ether oxygens (including phenoxy) is 3. The van der Waals surface area contributed by atoms with Crippen LogP contribution in [0, 0.1) is 0 Å². The fourth-order valence-electron chi connectivity index (χ4n) is 9.76. The van der Waals surface area contributed by atoms with Crippen LogP contribution in [0.3, 0.4) is 0 Å². The Morgan fingerprint density at radius 2 is 0.487 bits per heavy atom. The van der Waals surface area contributed by atoms with E-state index in [1.54, 1.807) is 0 Å². The Kier molecular flexibility index (Phi) is 64.7. The first-order chi connectivity index (χ1) is 39.5. The van der Waals surface area contributed by atoms with Crippen LogP contribution in [0.25, 0.3) is 0 Å². The van der Waals surface area contributed by atoms with Crippen molar-refractivity contribution in [2.24, 2.45) is 0 Å². The quantitative estimate of drug-likeness (QED) is 0.0261. The number of esters is 3. The largest absolute Gasteiger partial charge is 0.462 e. The van der Waals surface area contributed by atoms with Crippen LogP contribution in [0.2, 0.25) is 0 Å². The van der Waals surface area contributed by atoms with Gasteiger partial charge in [-0.15, -0.1) is 0 Å². The van der Waals surface area contributed by atoms with E-state index in [4.69, 9.17) is 14.2 Å². The molecule has 0 amide bonds. The minimum Gasteiger partial charge on any atom is -0.462 e. The molecule has 0 saturated carbocycles. The summed E-state index contributed by atoms with van der Waals surface area (Å²) in [6.07, 6.45) is 91.9. The van der Waals surface area contributed by atoms with Gasteiger partial charge in [0, 0.05) is 19.3 Å². The Bertz CT molecular complexity index is 1560. The number of hydrogen-bond acceptors (Lipinski definition) is 6. The van der Waals surface area contributed by atoms with Gasteiger partial charge < -0.3 is 14.2 Å². The van der Waals surface area contributed by atoms with Crippen LogP contribution in [0.15, 0.2) is 97.2 Å². The van der Waals surface area contributed by atoms with Gasteiger partial charge in [-0.1, -0.05) is 330 Å².